The molecule has 10 nitrogen and oxygen atoms in total. The van der Waals surface area contributed by atoms with Gasteiger partial charge in [0, 0.05) is 0 Å². The second-order valence-electron chi connectivity index (χ2n) is 7.30. The van der Waals surface area contributed by atoms with E-state index < -0.39 is 32.4 Å². The van der Waals surface area contributed by atoms with Crippen molar-refractivity contribution in [2.45, 2.75) is 31.1 Å². The number of aliphatic hydroxyl groups excluding tert-OH is 1. The molecule has 3 aliphatic heterocycles. The molecule has 3 aliphatic rings. The monoisotopic (exact) mass is 420 g/mol. The number of nitrogens with one attached hydrogen (secondary N) is 1. The molecule has 154 valence electrons. The van der Waals surface area contributed by atoms with Crippen LogP contribution in [0, 0.1) is 0 Å². The summed E-state index contributed by atoms with van der Waals surface area (Å²) in [5.41, 5.74) is 1.68. The van der Waals surface area contributed by atoms with Gasteiger partial charge in [-0.15, -0.1) is 0 Å². The quantitative estimate of drug-likeness (QED) is 0.453. The summed E-state index contributed by atoms with van der Waals surface area (Å²) in [6, 6.07) is 9.81. The predicted molar refractivity (Wildman–Crippen MR) is 108 cm³/mol. The van der Waals surface area contributed by atoms with E-state index in [1.54, 1.807) is 4.90 Å². The molecule has 0 spiro atoms. The Balaban J connectivity index is 1.34. The van der Waals surface area contributed by atoms with Gasteiger partial charge in [0.1, 0.15) is 0 Å². The van der Waals surface area contributed by atoms with Crippen LogP contribution in [0.4, 0.5) is 11.5 Å². The van der Waals surface area contributed by atoms with E-state index >= 15 is 0 Å². The second kappa shape index (κ2) is 7.35. The third-order valence-corrected chi connectivity index (χ3v) is 6.61. The summed E-state index contributed by atoms with van der Waals surface area (Å²) < 4.78 is 22.8. The Morgan fingerprint density at radius 3 is 2.97 bits per heavy atom. The van der Waals surface area contributed by atoms with Gasteiger partial charge >= 0.3 is 150 Å². The molecule has 2 saturated heterocycles. The van der Waals surface area contributed by atoms with Crippen molar-refractivity contribution in [2.75, 3.05) is 23.5 Å². The zero-order chi connectivity index (χ0) is 20.0. The third-order valence-electron chi connectivity index (χ3n) is 5.20. The van der Waals surface area contributed by atoms with Crippen LogP contribution in [-0.4, -0.2) is 65.3 Å². The minimum absolute atomic E-state index is 0.181. The second-order valence-corrected chi connectivity index (χ2v) is 9.62. The molecule has 12 heteroatoms. The predicted octanol–water partition coefficient (Wildman–Crippen LogP) is -0.218. The molecule has 3 N–H and O–H groups in total. The number of anilines is 2. The van der Waals surface area contributed by atoms with E-state index in [1.807, 2.05) is 30.3 Å². The van der Waals surface area contributed by atoms with Crippen molar-refractivity contribution in [3.8, 4) is 5.88 Å². The first kappa shape index (κ1) is 19.0. The van der Waals surface area contributed by atoms with Crippen LogP contribution in [0.2, 0.25) is 0 Å². The first-order valence-electron chi connectivity index (χ1n) is 9.42. The molecular formula is C17H22BN4O6P. The Morgan fingerprint density at radius 2 is 2.14 bits per heavy atom. The summed E-state index contributed by atoms with van der Waals surface area (Å²) in [6.07, 6.45) is -1.33. The molecule has 2 aromatic rings. The van der Waals surface area contributed by atoms with Gasteiger partial charge < -0.3 is 0 Å². The fourth-order valence-electron chi connectivity index (χ4n) is 3.80. The van der Waals surface area contributed by atoms with Crippen molar-refractivity contribution in [3.05, 3.63) is 42.2 Å². The van der Waals surface area contributed by atoms with Crippen LogP contribution in [0.15, 0.2) is 36.7 Å². The van der Waals surface area contributed by atoms with Gasteiger partial charge in [-0.2, -0.15) is 0 Å². The van der Waals surface area contributed by atoms with Crippen LogP contribution in [0.3, 0.4) is 0 Å². The maximum absolute atomic E-state index is 10.8. The Morgan fingerprint density at radius 1 is 1.31 bits per heavy atom. The molecule has 0 amide bonds. The Labute approximate surface area is 168 Å². The normalized spacial score (nSPS) is 30.9. The van der Waals surface area contributed by atoms with E-state index in [4.69, 9.17) is 18.5 Å². The summed E-state index contributed by atoms with van der Waals surface area (Å²) in [5.74, 6) is 1.01. The molecule has 0 aliphatic carbocycles. The molecule has 1 aromatic carbocycles. The fourth-order valence-corrected chi connectivity index (χ4v) is 5.14. The van der Waals surface area contributed by atoms with Crippen molar-refractivity contribution in [1.82, 2.24) is 9.97 Å². The fraction of sp³-hybridized carbons (Fsp3) is 0.412. The number of fused-ring (bicyclic) bond motifs is 2. The molecule has 2 fully saturated rings. The van der Waals surface area contributed by atoms with Crippen molar-refractivity contribution in [1.29, 1.82) is 0 Å². The van der Waals surface area contributed by atoms with E-state index in [0.29, 0.717) is 30.7 Å². The van der Waals surface area contributed by atoms with Crippen LogP contribution in [0.5, 0.6) is 5.88 Å². The van der Waals surface area contributed by atoms with Gasteiger partial charge in [-0.05, 0) is 0 Å². The van der Waals surface area contributed by atoms with Crippen LogP contribution in [-0.2, 0) is 20.4 Å². The summed E-state index contributed by atoms with van der Waals surface area (Å²) in [4.78, 5) is 20.5. The van der Waals surface area contributed by atoms with Crippen LogP contribution < -0.4 is 15.0 Å². The van der Waals surface area contributed by atoms with Gasteiger partial charge in [-0.3, -0.25) is 0 Å². The minimum atomic E-state index is -3.23. The van der Waals surface area contributed by atoms with E-state index in [9.17, 15) is 10.00 Å². The Bertz CT molecular complexity index is 893. The molecule has 29 heavy (non-hydrogen) atoms. The number of nitrogens with zero attached hydrogens (tertiary/aromatic N) is 3. The number of hydrogen-bond donors (Lipinski definition) is 3. The summed E-state index contributed by atoms with van der Waals surface area (Å²) >= 11 is 0. The van der Waals surface area contributed by atoms with Gasteiger partial charge in [-0.25, -0.2) is 0 Å². The Hall–Kier alpha value is -2.01. The zero-order valence-corrected chi connectivity index (χ0v) is 16.8. The molecule has 3 unspecified atom stereocenters. The SMILES string of the molecule is B[PH]1(O)OCC2OC(N3CNc4c(OCc5ccccc5)ncnc43)C(O)[C@@H]2O1. The summed E-state index contributed by atoms with van der Waals surface area (Å²) in [7, 11) is -1.70. The number of hydrogen-bond acceptors (Lipinski definition) is 10. The number of aliphatic hydroxyl groups is 1. The van der Waals surface area contributed by atoms with Crippen LogP contribution in [0.25, 0.3) is 0 Å². The van der Waals surface area contributed by atoms with Gasteiger partial charge in [-0.1, -0.05) is 18.2 Å². The topological polar surface area (TPSA) is 118 Å². The van der Waals surface area contributed by atoms with E-state index in [-0.39, 0.29) is 6.61 Å². The maximum atomic E-state index is 10.8. The van der Waals surface area contributed by atoms with E-state index in [1.165, 1.54) is 13.9 Å². The van der Waals surface area contributed by atoms with Gasteiger partial charge in [0.2, 0.25) is 0 Å². The number of ether oxygens (including phenoxy) is 2. The van der Waals surface area contributed by atoms with Crippen molar-refractivity contribution < 1.29 is 28.5 Å². The standard InChI is InChI=1S/C17H22BN4O6P/c18-29(24)26-7-11-14(28-29)13(23)17(27-11)22-9-21-12-15(22)19-8-20-16(12)25-6-10-4-2-1-3-5-10/h1-5,8,11,13-14,17,21,23-24,29H,6-7,9,18H2/t11?,13?,14-,17?/m1/s1. The Kier molecular flexibility index (Phi) is 4.81. The first-order chi connectivity index (χ1) is 14.0. The number of rotatable bonds is 4. The molecular weight excluding hydrogens is 398 g/mol. The molecule has 4 heterocycles. The molecule has 0 bridgehead atoms. The zero-order valence-electron chi connectivity index (χ0n) is 15.8. The number of benzene rings is 1. The third kappa shape index (κ3) is 3.54. The van der Waals surface area contributed by atoms with Crippen molar-refractivity contribution in [2.24, 2.45) is 0 Å². The van der Waals surface area contributed by atoms with Crippen molar-refractivity contribution in [3.63, 3.8) is 0 Å². The molecule has 0 radical (unpaired) electrons. The van der Waals surface area contributed by atoms with Gasteiger partial charge in [0.15, 0.2) is 0 Å². The van der Waals surface area contributed by atoms with Crippen LogP contribution >= 0.6 is 7.82 Å². The van der Waals surface area contributed by atoms with E-state index in [0.717, 1.165) is 5.56 Å². The van der Waals surface area contributed by atoms with Crippen LogP contribution in [0.1, 0.15) is 5.56 Å². The average Bonchev–Trinajstić information content (AvgIpc) is 3.28. The van der Waals surface area contributed by atoms with Gasteiger partial charge in [0.05, 0.1) is 0 Å². The number of aromatic nitrogens is 2. The summed E-state index contributed by atoms with van der Waals surface area (Å²) in [6.45, 7) is 0.927. The molecule has 0 saturated carbocycles. The molecule has 4 atom stereocenters. The average molecular weight is 420 g/mol. The van der Waals surface area contributed by atoms with Gasteiger partial charge in [0.25, 0.3) is 0 Å². The summed E-state index contributed by atoms with van der Waals surface area (Å²) in [5, 5.41) is 14.0. The van der Waals surface area contributed by atoms with Crippen molar-refractivity contribution >= 4 is 26.9 Å². The van der Waals surface area contributed by atoms with E-state index in [2.05, 4.69) is 15.3 Å². The molecule has 1 aromatic heterocycles. The first-order valence-corrected chi connectivity index (χ1v) is 11.7. The molecule has 5 rings (SSSR count).